The second kappa shape index (κ2) is 5.48. The van der Waals surface area contributed by atoms with Gasteiger partial charge in [0, 0.05) is 25.7 Å². The Kier molecular flexibility index (Phi) is 4.04. The summed E-state index contributed by atoms with van der Waals surface area (Å²) in [5.41, 5.74) is 2.92. The standard InChI is InChI=1S/C14H24N6O/c1-9(2)10-11(18-15)16-8-17-12(10)20-7-6-19(5)13(21)14(20,3)4/h8-9H,6-7,15H2,1-5H3,(H,16,17,18). The lowest BCUT2D eigenvalue weighted by atomic mass is 9.95. The van der Waals surface area contributed by atoms with Crippen molar-refractivity contribution < 1.29 is 4.79 Å². The van der Waals surface area contributed by atoms with Gasteiger partial charge in [-0.3, -0.25) is 4.79 Å². The van der Waals surface area contributed by atoms with Crippen LogP contribution in [0.3, 0.4) is 0 Å². The van der Waals surface area contributed by atoms with Gasteiger partial charge in [0.1, 0.15) is 23.5 Å². The number of nitrogens with one attached hydrogen (secondary N) is 1. The Morgan fingerprint density at radius 3 is 2.57 bits per heavy atom. The molecule has 1 saturated heterocycles. The highest BCUT2D eigenvalue weighted by Crippen LogP contribution is 2.35. The number of anilines is 2. The van der Waals surface area contributed by atoms with Crippen molar-refractivity contribution in [1.82, 2.24) is 14.9 Å². The Morgan fingerprint density at radius 2 is 2.00 bits per heavy atom. The number of hydrogen-bond donors (Lipinski definition) is 2. The third kappa shape index (κ3) is 2.53. The van der Waals surface area contributed by atoms with Crippen molar-refractivity contribution in [2.75, 3.05) is 30.5 Å². The minimum absolute atomic E-state index is 0.0873. The molecule has 0 spiro atoms. The van der Waals surface area contributed by atoms with E-state index in [-0.39, 0.29) is 11.8 Å². The number of carbonyl (C=O) groups excluding carboxylic acids is 1. The van der Waals surface area contributed by atoms with Crippen molar-refractivity contribution in [1.29, 1.82) is 0 Å². The van der Waals surface area contributed by atoms with Gasteiger partial charge in [0.2, 0.25) is 5.91 Å². The van der Waals surface area contributed by atoms with Gasteiger partial charge in [-0.1, -0.05) is 13.8 Å². The number of nitrogens with zero attached hydrogens (tertiary/aromatic N) is 4. The van der Waals surface area contributed by atoms with E-state index >= 15 is 0 Å². The van der Waals surface area contributed by atoms with Gasteiger partial charge in [0.05, 0.1) is 0 Å². The van der Waals surface area contributed by atoms with Crippen LogP contribution in [0.15, 0.2) is 6.33 Å². The molecular weight excluding hydrogens is 268 g/mol. The van der Waals surface area contributed by atoms with E-state index in [1.165, 1.54) is 6.33 Å². The minimum atomic E-state index is -0.642. The Balaban J connectivity index is 2.54. The van der Waals surface area contributed by atoms with E-state index in [0.29, 0.717) is 12.4 Å². The summed E-state index contributed by atoms with van der Waals surface area (Å²) in [7, 11) is 1.83. The molecule has 0 radical (unpaired) electrons. The summed E-state index contributed by atoms with van der Waals surface area (Å²) >= 11 is 0. The van der Waals surface area contributed by atoms with E-state index in [0.717, 1.165) is 17.9 Å². The lowest BCUT2D eigenvalue weighted by molar-refractivity contribution is -0.136. The summed E-state index contributed by atoms with van der Waals surface area (Å²) in [6, 6.07) is 0. The zero-order chi connectivity index (χ0) is 15.8. The molecule has 7 nitrogen and oxygen atoms in total. The summed E-state index contributed by atoms with van der Waals surface area (Å²) in [6.45, 7) is 9.38. The van der Waals surface area contributed by atoms with Gasteiger partial charge in [-0.05, 0) is 19.8 Å². The fourth-order valence-corrected chi connectivity index (χ4v) is 2.83. The molecule has 0 atom stereocenters. The maximum absolute atomic E-state index is 12.5. The minimum Gasteiger partial charge on any atom is -0.342 e. The number of carbonyl (C=O) groups is 1. The molecule has 3 N–H and O–H groups in total. The van der Waals surface area contributed by atoms with E-state index < -0.39 is 5.54 Å². The van der Waals surface area contributed by atoms with Crippen LogP contribution >= 0.6 is 0 Å². The second-order valence-corrected chi connectivity index (χ2v) is 6.20. The first-order chi connectivity index (χ1) is 9.80. The molecule has 1 aromatic rings. The highest BCUT2D eigenvalue weighted by molar-refractivity contribution is 5.90. The molecule has 0 aromatic carbocycles. The number of hydrazine groups is 1. The molecule has 1 fully saturated rings. The molecule has 2 heterocycles. The van der Waals surface area contributed by atoms with E-state index in [1.807, 2.05) is 25.8 Å². The summed E-state index contributed by atoms with van der Waals surface area (Å²) in [6.07, 6.45) is 1.48. The van der Waals surface area contributed by atoms with Crippen LogP contribution in [0.25, 0.3) is 0 Å². The van der Waals surface area contributed by atoms with Gasteiger partial charge in [-0.15, -0.1) is 0 Å². The van der Waals surface area contributed by atoms with Crippen molar-refractivity contribution in [3.05, 3.63) is 11.9 Å². The molecule has 0 unspecified atom stereocenters. The van der Waals surface area contributed by atoms with Gasteiger partial charge in [-0.25, -0.2) is 15.8 Å². The van der Waals surface area contributed by atoms with Crippen LogP contribution in [0.2, 0.25) is 0 Å². The van der Waals surface area contributed by atoms with Crippen LogP contribution < -0.4 is 16.2 Å². The highest BCUT2D eigenvalue weighted by Gasteiger charge is 2.42. The monoisotopic (exact) mass is 292 g/mol. The zero-order valence-electron chi connectivity index (χ0n) is 13.3. The molecule has 116 valence electrons. The first kappa shape index (κ1) is 15.5. The maximum Gasteiger partial charge on any atom is 0.247 e. The molecule has 1 aliphatic heterocycles. The lowest BCUT2D eigenvalue weighted by Gasteiger charge is -2.46. The first-order valence-corrected chi connectivity index (χ1v) is 7.15. The number of amides is 1. The van der Waals surface area contributed by atoms with Crippen molar-refractivity contribution >= 4 is 17.5 Å². The summed E-state index contributed by atoms with van der Waals surface area (Å²) < 4.78 is 0. The second-order valence-electron chi connectivity index (χ2n) is 6.20. The Morgan fingerprint density at radius 1 is 1.33 bits per heavy atom. The molecule has 1 amide bonds. The van der Waals surface area contributed by atoms with Crippen LogP contribution in [0.4, 0.5) is 11.6 Å². The molecule has 1 aromatic heterocycles. The molecule has 0 saturated carbocycles. The number of nitrogen functional groups attached to an aromatic ring is 1. The average Bonchev–Trinajstić information content (AvgIpc) is 2.44. The largest absolute Gasteiger partial charge is 0.342 e. The van der Waals surface area contributed by atoms with Crippen LogP contribution in [-0.4, -0.2) is 46.5 Å². The van der Waals surface area contributed by atoms with Crippen LogP contribution in [0.5, 0.6) is 0 Å². The van der Waals surface area contributed by atoms with Crippen molar-refractivity contribution in [3.8, 4) is 0 Å². The van der Waals surface area contributed by atoms with E-state index in [1.54, 1.807) is 4.90 Å². The third-order valence-corrected chi connectivity index (χ3v) is 4.04. The fourth-order valence-electron chi connectivity index (χ4n) is 2.83. The van der Waals surface area contributed by atoms with E-state index in [2.05, 4.69) is 29.2 Å². The number of piperazine rings is 1. The van der Waals surface area contributed by atoms with Gasteiger partial charge in [0.25, 0.3) is 0 Å². The predicted molar refractivity (Wildman–Crippen MR) is 83.0 cm³/mol. The number of likely N-dealkylation sites (N-methyl/N-ethyl adjacent to an activating group) is 1. The Hall–Kier alpha value is -1.89. The summed E-state index contributed by atoms with van der Waals surface area (Å²) in [5, 5.41) is 0. The molecule has 7 heteroatoms. The average molecular weight is 292 g/mol. The molecular formula is C14H24N6O. The van der Waals surface area contributed by atoms with Crippen LogP contribution in [0.1, 0.15) is 39.2 Å². The summed E-state index contributed by atoms with van der Waals surface area (Å²) in [4.78, 5) is 24.9. The SMILES string of the molecule is CC(C)c1c(NN)ncnc1N1CCN(C)C(=O)C1(C)C. The lowest BCUT2D eigenvalue weighted by Crippen LogP contribution is -2.62. The zero-order valence-corrected chi connectivity index (χ0v) is 13.3. The fraction of sp³-hybridized carbons (Fsp3) is 0.643. The van der Waals surface area contributed by atoms with Gasteiger partial charge in [0.15, 0.2) is 0 Å². The van der Waals surface area contributed by atoms with Gasteiger partial charge in [-0.2, -0.15) is 0 Å². The van der Waals surface area contributed by atoms with Crippen LogP contribution in [-0.2, 0) is 4.79 Å². The highest BCUT2D eigenvalue weighted by atomic mass is 16.2. The molecule has 2 rings (SSSR count). The number of nitrogens with two attached hydrogens (primary N) is 1. The normalized spacial score (nSPS) is 18.3. The Bertz CT molecular complexity index is 542. The van der Waals surface area contributed by atoms with Gasteiger partial charge < -0.3 is 15.2 Å². The smallest absolute Gasteiger partial charge is 0.247 e. The quantitative estimate of drug-likeness (QED) is 0.637. The molecule has 21 heavy (non-hydrogen) atoms. The molecule has 1 aliphatic rings. The number of rotatable bonds is 3. The Labute approximate surface area is 125 Å². The van der Waals surface area contributed by atoms with Gasteiger partial charge >= 0.3 is 0 Å². The topological polar surface area (TPSA) is 87.4 Å². The molecule has 0 bridgehead atoms. The number of hydrogen-bond acceptors (Lipinski definition) is 6. The third-order valence-electron chi connectivity index (χ3n) is 4.04. The summed E-state index contributed by atoms with van der Waals surface area (Å²) in [5.74, 6) is 7.24. The maximum atomic E-state index is 12.5. The van der Waals surface area contributed by atoms with Crippen molar-refractivity contribution in [2.24, 2.45) is 5.84 Å². The van der Waals surface area contributed by atoms with Crippen LogP contribution in [0, 0.1) is 0 Å². The van der Waals surface area contributed by atoms with E-state index in [4.69, 9.17) is 5.84 Å². The van der Waals surface area contributed by atoms with Crippen molar-refractivity contribution in [3.63, 3.8) is 0 Å². The molecule has 0 aliphatic carbocycles. The van der Waals surface area contributed by atoms with Crippen molar-refractivity contribution in [2.45, 2.75) is 39.2 Å². The first-order valence-electron chi connectivity index (χ1n) is 7.15. The van der Waals surface area contributed by atoms with E-state index in [9.17, 15) is 4.79 Å². The predicted octanol–water partition coefficient (Wildman–Crippen LogP) is 0.943. The number of aromatic nitrogens is 2.